The zero-order valence-electron chi connectivity index (χ0n) is 12.8. The Balaban J connectivity index is 2.45. The number of aryl methyl sites for hydroxylation is 1. The van der Waals surface area contributed by atoms with Crippen molar-refractivity contribution in [1.82, 2.24) is 4.57 Å². The first-order valence-electron chi connectivity index (χ1n) is 7.02. The summed E-state index contributed by atoms with van der Waals surface area (Å²) in [5, 5.41) is 0. The standard InChI is InChI=1S/C16H17F3N2O2/c1-3-23-15(22)14-7-12(16(17,18)19)9-21(14)8-11-6-10(2)4-5-13(11)20/h4-7,9H,3,8,20H2,1-2H3. The van der Waals surface area contributed by atoms with Crippen LogP contribution in [-0.4, -0.2) is 17.1 Å². The molecular weight excluding hydrogens is 309 g/mol. The van der Waals surface area contributed by atoms with Crippen LogP contribution in [0.3, 0.4) is 0 Å². The molecular formula is C16H17F3N2O2. The average Bonchev–Trinajstić information content (AvgIpc) is 2.87. The van der Waals surface area contributed by atoms with Crippen LogP contribution in [0.5, 0.6) is 0 Å². The number of benzene rings is 1. The first kappa shape index (κ1) is 16.9. The number of rotatable bonds is 4. The lowest BCUT2D eigenvalue weighted by molar-refractivity contribution is -0.137. The predicted molar refractivity (Wildman–Crippen MR) is 80.1 cm³/mol. The molecule has 4 nitrogen and oxygen atoms in total. The van der Waals surface area contributed by atoms with Crippen LogP contribution >= 0.6 is 0 Å². The molecule has 0 bridgehead atoms. The third-order valence-corrected chi connectivity index (χ3v) is 3.35. The minimum atomic E-state index is -4.54. The van der Waals surface area contributed by atoms with Crippen LogP contribution in [0, 0.1) is 6.92 Å². The Labute approximate surface area is 131 Å². The van der Waals surface area contributed by atoms with Gasteiger partial charge in [-0.2, -0.15) is 13.2 Å². The topological polar surface area (TPSA) is 57.2 Å². The minimum absolute atomic E-state index is 0.0533. The summed E-state index contributed by atoms with van der Waals surface area (Å²) in [6.07, 6.45) is -3.64. The number of nitrogens with zero attached hydrogens (tertiary/aromatic N) is 1. The van der Waals surface area contributed by atoms with Crippen molar-refractivity contribution in [3.63, 3.8) is 0 Å². The van der Waals surface area contributed by atoms with Crippen LogP contribution in [-0.2, 0) is 17.5 Å². The zero-order valence-corrected chi connectivity index (χ0v) is 12.8. The molecule has 0 unspecified atom stereocenters. The van der Waals surface area contributed by atoms with E-state index in [0.29, 0.717) is 11.3 Å². The van der Waals surface area contributed by atoms with E-state index >= 15 is 0 Å². The number of alkyl halides is 3. The van der Waals surface area contributed by atoms with Gasteiger partial charge in [0.1, 0.15) is 5.69 Å². The van der Waals surface area contributed by atoms with Crippen LogP contribution in [0.25, 0.3) is 0 Å². The molecule has 0 spiro atoms. The van der Waals surface area contributed by atoms with Crippen molar-refractivity contribution in [1.29, 1.82) is 0 Å². The summed E-state index contributed by atoms with van der Waals surface area (Å²) in [6, 6.07) is 6.06. The number of esters is 1. The maximum atomic E-state index is 12.9. The number of ether oxygens (including phenoxy) is 1. The van der Waals surface area contributed by atoms with Gasteiger partial charge in [0.15, 0.2) is 0 Å². The molecule has 0 aliphatic heterocycles. The van der Waals surface area contributed by atoms with E-state index in [4.69, 9.17) is 10.5 Å². The zero-order chi connectivity index (χ0) is 17.2. The molecule has 0 saturated carbocycles. The highest BCUT2D eigenvalue weighted by Gasteiger charge is 2.34. The summed E-state index contributed by atoms with van der Waals surface area (Å²) in [4.78, 5) is 11.9. The first-order valence-corrected chi connectivity index (χ1v) is 7.02. The van der Waals surface area contributed by atoms with Crippen molar-refractivity contribution in [2.24, 2.45) is 0 Å². The Hall–Kier alpha value is -2.44. The molecule has 0 aliphatic rings. The third-order valence-electron chi connectivity index (χ3n) is 3.35. The van der Waals surface area contributed by atoms with E-state index in [0.717, 1.165) is 17.8 Å². The molecule has 2 rings (SSSR count). The maximum absolute atomic E-state index is 12.9. The van der Waals surface area contributed by atoms with E-state index in [1.54, 1.807) is 19.1 Å². The molecule has 7 heteroatoms. The molecule has 0 aliphatic carbocycles. The summed E-state index contributed by atoms with van der Waals surface area (Å²) in [7, 11) is 0. The number of hydrogen-bond acceptors (Lipinski definition) is 3. The molecule has 1 aromatic carbocycles. The predicted octanol–water partition coefficient (Wildman–Crippen LogP) is 3.62. The van der Waals surface area contributed by atoms with Gasteiger partial charge in [0.05, 0.1) is 12.2 Å². The van der Waals surface area contributed by atoms with Crippen molar-refractivity contribution in [3.05, 3.63) is 52.8 Å². The molecule has 23 heavy (non-hydrogen) atoms. The van der Waals surface area contributed by atoms with Crippen LogP contribution in [0.1, 0.15) is 34.1 Å². The van der Waals surface area contributed by atoms with Crippen LogP contribution in [0.2, 0.25) is 0 Å². The normalized spacial score (nSPS) is 11.5. The monoisotopic (exact) mass is 326 g/mol. The lowest BCUT2D eigenvalue weighted by Gasteiger charge is -2.11. The third kappa shape index (κ3) is 3.85. The van der Waals surface area contributed by atoms with Gasteiger partial charge in [0.2, 0.25) is 0 Å². The van der Waals surface area contributed by atoms with E-state index in [9.17, 15) is 18.0 Å². The Morgan fingerprint density at radius 2 is 2.00 bits per heavy atom. The van der Waals surface area contributed by atoms with Crippen molar-refractivity contribution < 1.29 is 22.7 Å². The van der Waals surface area contributed by atoms with Gasteiger partial charge in [-0.05, 0) is 31.5 Å². The molecule has 0 saturated heterocycles. The van der Waals surface area contributed by atoms with E-state index in [2.05, 4.69) is 0 Å². The highest BCUT2D eigenvalue weighted by atomic mass is 19.4. The van der Waals surface area contributed by atoms with Crippen molar-refractivity contribution in [3.8, 4) is 0 Å². The van der Waals surface area contributed by atoms with Crippen LogP contribution in [0.15, 0.2) is 30.5 Å². The summed E-state index contributed by atoms with van der Waals surface area (Å²) >= 11 is 0. The molecule has 2 N–H and O–H groups in total. The molecule has 0 atom stereocenters. The van der Waals surface area contributed by atoms with E-state index in [-0.39, 0.29) is 18.8 Å². The molecule has 0 amide bonds. The van der Waals surface area contributed by atoms with E-state index in [1.807, 2.05) is 13.0 Å². The Kier molecular flexibility index (Phi) is 4.68. The Bertz CT molecular complexity index is 721. The quantitative estimate of drug-likeness (QED) is 0.689. The molecule has 0 fully saturated rings. The van der Waals surface area contributed by atoms with Gasteiger partial charge in [-0.1, -0.05) is 17.7 Å². The lowest BCUT2D eigenvalue weighted by Crippen LogP contribution is -2.13. The SMILES string of the molecule is CCOC(=O)c1cc(C(F)(F)F)cn1Cc1cc(C)ccc1N. The smallest absolute Gasteiger partial charge is 0.417 e. The van der Waals surface area contributed by atoms with Gasteiger partial charge in [0.25, 0.3) is 0 Å². The van der Waals surface area contributed by atoms with E-state index < -0.39 is 17.7 Å². The summed E-state index contributed by atoms with van der Waals surface area (Å²) in [5.41, 5.74) is 6.83. The Morgan fingerprint density at radius 3 is 2.61 bits per heavy atom. The fraction of sp³-hybridized carbons (Fsp3) is 0.312. The number of hydrogen-bond donors (Lipinski definition) is 1. The van der Waals surface area contributed by atoms with Gasteiger partial charge in [-0.25, -0.2) is 4.79 Å². The highest BCUT2D eigenvalue weighted by molar-refractivity contribution is 5.88. The number of halogens is 3. The maximum Gasteiger partial charge on any atom is 0.417 e. The second-order valence-electron chi connectivity index (χ2n) is 5.16. The highest BCUT2D eigenvalue weighted by Crippen LogP contribution is 2.31. The van der Waals surface area contributed by atoms with Gasteiger partial charge in [-0.15, -0.1) is 0 Å². The molecule has 0 radical (unpaired) electrons. The van der Waals surface area contributed by atoms with E-state index in [1.165, 1.54) is 4.57 Å². The fourth-order valence-electron chi connectivity index (χ4n) is 2.23. The van der Waals surface area contributed by atoms with Gasteiger partial charge in [0, 0.05) is 18.4 Å². The summed E-state index contributed by atoms with van der Waals surface area (Å²) < 4.78 is 44.8. The molecule has 1 heterocycles. The summed E-state index contributed by atoms with van der Waals surface area (Å²) in [5.74, 6) is -0.797. The number of carbonyl (C=O) groups excluding carboxylic acids is 1. The molecule has 124 valence electrons. The van der Waals surface area contributed by atoms with Crippen molar-refractivity contribution in [2.45, 2.75) is 26.6 Å². The first-order chi connectivity index (χ1) is 10.7. The number of aromatic nitrogens is 1. The van der Waals surface area contributed by atoms with Gasteiger partial charge in [-0.3, -0.25) is 0 Å². The largest absolute Gasteiger partial charge is 0.461 e. The van der Waals surface area contributed by atoms with Gasteiger partial charge >= 0.3 is 12.1 Å². The second-order valence-corrected chi connectivity index (χ2v) is 5.16. The van der Waals surface area contributed by atoms with Crippen molar-refractivity contribution >= 4 is 11.7 Å². The minimum Gasteiger partial charge on any atom is -0.461 e. The number of nitrogen functional groups attached to an aromatic ring is 1. The van der Waals surface area contributed by atoms with Crippen molar-refractivity contribution in [2.75, 3.05) is 12.3 Å². The Morgan fingerprint density at radius 1 is 1.30 bits per heavy atom. The number of anilines is 1. The fourth-order valence-corrected chi connectivity index (χ4v) is 2.23. The number of carbonyl (C=O) groups is 1. The molecule has 1 aromatic heterocycles. The lowest BCUT2D eigenvalue weighted by atomic mass is 10.1. The van der Waals surface area contributed by atoms with Crippen LogP contribution < -0.4 is 5.73 Å². The van der Waals surface area contributed by atoms with Crippen LogP contribution in [0.4, 0.5) is 18.9 Å². The number of nitrogens with two attached hydrogens (primary N) is 1. The molecule has 2 aromatic rings. The summed E-state index contributed by atoms with van der Waals surface area (Å²) in [6.45, 7) is 3.58. The van der Waals surface area contributed by atoms with Gasteiger partial charge < -0.3 is 15.0 Å². The second kappa shape index (κ2) is 6.36. The average molecular weight is 326 g/mol.